The van der Waals surface area contributed by atoms with E-state index in [0.717, 1.165) is 17.6 Å². The normalized spacial score (nSPS) is 21.4. The van der Waals surface area contributed by atoms with Crippen molar-refractivity contribution in [2.24, 2.45) is 5.41 Å². The maximum Gasteiger partial charge on any atom is 0.0265 e. The molecular formula is C11H20BrN. The van der Waals surface area contributed by atoms with E-state index in [4.69, 9.17) is 0 Å². The summed E-state index contributed by atoms with van der Waals surface area (Å²) in [5.41, 5.74) is 0.542. The molecule has 0 amide bonds. The van der Waals surface area contributed by atoms with Gasteiger partial charge in [0.25, 0.3) is 0 Å². The fraction of sp³-hybridized carbons (Fsp3) is 0.818. The first-order valence-corrected chi connectivity index (χ1v) is 5.96. The van der Waals surface area contributed by atoms with E-state index in [1.54, 1.807) is 0 Å². The van der Waals surface area contributed by atoms with E-state index < -0.39 is 0 Å². The summed E-state index contributed by atoms with van der Waals surface area (Å²) in [5.74, 6) is 0. The quantitative estimate of drug-likeness (QED) is 0.801. The topological polar surface area (TPSA) is 12.0 Å². The number of hydrogen-bond acceptors (Lipinski definition) is 1. The fourth-order valence-electron chi connectivity index (χ4n) is 2.08. The van der Waals surface area contributed by atoms with Crippen molar-refractivity contribution in [2.45, 2.75) is 39.0 Å². The largest absolute Gasteiger partial charge is 0.312 e. The average Bonchev–Trinajstić information content (AvgIpc) is 2.04. The molecule has 0 aromatic heterocycles. The van der Waals surface area contributed by atoms with Gasteiger partial charge >= 0.3 is 0 Å². The van der Waals surface area contributed by atoms with Crippen LogP contribution in [0.3, 0.4) is 0 Å². The summed E-state index contributed by atoms with van der Waals surface area (Å²) in [6.45, 7) is 8.25. The summed E-state index contributed by atoms with van der Waals surface area (Å²) in [5, 5.41) is 3.45. The molecule has 2 heteroatoms. The molecule has 0 saturated heterocycles. The number of halogens is 1. The Balaban J connectivity index is 2.21. The highest BCUT2D eigenvalue weighted by Crippen LogP contribution is 2.34. The minimum atomic E-state index is 0.542. The first-order valence-electron chi connectivity index (χ1n) is 5.16. The highest BCUT2D eigenvalue weighted by molar-refractivity contribution is 9.11. The van der Waals surface area contributed by atoms with Crippen LogP contribution in [0.5, 0.6) is 0 Å². The Labute approximate surface area is 90.1 Å². The monoisotopic (exact) mass is 245 g/mol. The zero-order valence-electron chi connectivity index (χ0n) is 8.53. The second kappa shape index (κ2) is 5.16. The molecule has 0 aromatic rings. The summed E-state index contributed by atoms with van der Waals surface area (Å²) in [7, 11) is 0. The molecule has 0 radical (unpaired) electrons. The van der Waals surface area contributed by atoms with Crippen LogP contribution >= 0.6 is 15.9 Å². The summed E-state index contributed by atoms with van der Waals surface area (Å²) in [6.07, 6.45) is 7.02. The average molecular weight is 246 g/mol. The van der Waals surface area contributed by atoms with Gasteiger partial charge < -0.3 is 5.32 Å². The van der Waals surface area contributed by atoms with E-state index in [2.05, 4.69) is 34.7 Å². The Kier molecular flexibility index (Phi) is 4.47. The Hall–Kier alpha value is 0.180. The van der Waals surface area contributed by atoms with Crippen molar-refractivity contribution < 1.29 is 0 Å². The van der Waals surface area contributed by atoms with Crippen LogP contribution in [0.25, 0.3) is 0 Å². The van der Waals surface area contributed by atoms with Gasteiger partial charge in [-0.2, -0.15) is 0 Å². The molecule has 1 fully saturated rings. The van der Waals surface area contributed by atoms with Crippen molar-refractivity contribution in [2.75, 3.05) is 13.1 Å². The maximum atomic E-state index is 3.81. The Morgan fingerprint density at radius 3 is 2.54 bits per heavy atom. The Morgan fingerprint density at radius 2 is 2.00 bits per heavy atom. The van der Waals surface area contributed by atoms with E-state index in [1.807, 2.05) is 0 Å². The Bertz CT molecular complexity index is 171. The van der Waals surface area contributed by atoms with Gasteiger partial charge in [-0.3, -0.25) is 0 Å². The van der Waals surface area contributed by atoms with Crippen LogP contribution in [0.4, 0.5) is 0 Å². The second-order valence-corrected chi connectivity index (χ2v) is 5.61. The van der Waals surface area contributed by atoms with Crippen LogP contribution in [0.1, 0.15) is 39.0 Å². The third-order valence-electron chi connectivity index (χ3n) is 2.93. The highest BCUT2D eigenvalue weighted by atomic mass is 79.9. The van der Waals surface area contributed by atoms with E-state index >= 15 is 0 Å². The summed E-state index contributed by atoms with van der Waals surface area (Å²) < 4.78 is 1.05. The predicted octanol–water partition coefficient (Wildman–Crippen LogP) is 3.46. The molecule has 1 nitrogen and oxygen atoms in total. The lowest BCUT2D eigenvalue weighted by Gasteiger charge is -2.33. The van der Waals surface area contributed by atoms with Crippen molar-refractivity contribution in [3.8, 4) is 0 Å². The van der Waals surface area contributed by atoms with Gasteiger partial charge in [0.05, 0.1) is 0 Å². The zero-order valence-corrected chi connectivity index (χ0v) is 10.1. The molecule has 0 aromatic carbocycles. The van der Waals surface area contributed by atoms with Gasteiger partial charge in [-0.1, -0.05) is 48.7 Å². The minimum Gasteiger partial charge on any atom is -0.312 e. The first-order chi connectivity index (χ1) is 6.12. The van der Waals surface area contributed by atoms with Crippen LogP contribution < -0.4 is 5.32 Å². The van der Waals surface area contributed by atoms with Crippen molar-refractivity contribution in [3.63, 3.8) is 0 Å². The standard InChI is InChI=1S/C11H20BrN/c1-10(12)8-13-9-11(2)6-4-3-5-7-11/h13H,1,3-9H2,2H3. The van der Waals surface area contributed by atoms with Crippen molar-refractivity contribution in [3.05, 3.63) is 11.1 Å². The predicted molar refractivity (Wildman–Crippen MR) is 62.1 cm³/mol. The van der Waals surface area contributed by atoms with Crippen molar-refractivity contribution in [1.82, 2.24) is 5.32 Å². The molecular weight excluding hydrogens is 226 g/mol. The van der Waals surface area contributed by atoms with Gasteiger partial charge in [-0.05, 0) is 18.3 Å². The lowest BCUT2D eigenvalue weighted by atomic mass is 9.76. The van der Waals surface area contributed by atoms with Crippen LogP contribution in [0, 0.1) is 5.41 Å². The molecule has 0 heterocycles. The van der Waals surface area contributed by atoms with Crippen molar-refractivity contribution >= 4 is 15.9 Å². The van der Waals surface area contributed by atoms with Crippen LogP contribution in [-0.2, 0) is 0 Å². The number of hydrogen-bond donors (Lipinski definition) is 1. The zero-order chi connectivity index (χ0) is 9.73. The van der Waals surface area contributed by atoms with Gasteiger partial charge in [-0.25, -0.2) is 0 Å². The molecule has 0 aliphatic heterocycles. The molecule has 76 valence electrons. The molecule has 0 unspecified atom stereocenters. The SMILES string of the molecule is C=C(Br)CNCC1(C)CCCCC1. The van der Waals surface area contributed by atoms with E-state index in [9.17, 15) is 0 Å². The van der Waals surface area contributed by atoms with Crippen LogP contribution in [-0.4, -0.2) is 13.1 Å². The molecule has 1 saturated carbocycles. The molecule has 1 N–H and O–H groups in total. The molecule has 0 spiro atoms. The third kappa shape index (κ3) is 4.28. The molecule has 1 rings (SSSR count). The van der Waals surface area contributed by atoms with Crippen LogP contribution in [0.2, 0.25) is 0 Å². The lowest BCUT2D eigenvalue weighted by Crippen LogP contribution is -2.34. The summed E-state index contributed by atoms with van der Waals surface area (Å²) in [6, 6.07) is 0. The molecule has 0 atom stereocenters. The Morgan fingerprint density at radius 1 is 1.38 bits per heavy atom. The maximum absolute atomic E-state index is 3.81. The second-order valence-electron chi connectivity index (χ2n) is 4.49. The highest BCUT2D eigenvalue weighted by Gasteiger charge is 2.25. The minimum absolute atomic E-state index is 0.542. The van der Waals surface area contributed by atoms with Gasteiger partial charge in [0, 0.05) is 17.6 Å². The molecule has 1 aliphatic rings. The van der Waals surface area contributed by atoms with E-state index in [0.29, 0.717) is 5.41 Å². The van der Waals surface area contributed by atoms with Gasteiger partial charge in [0.2, 0.25) is 0 Å². The van der Waals surface area contributed by atoms with E-state index in [-0.39, 0.29) is 0 Å². The summed E-state index contributed by atoms with van der Waals surface area (Å²) in [4.78, 5) is 0. The van der Waals surface area contributed by atoms with Crippen LogP contribution in [0.15, 0.2) is 11.1 Å². The number of rotatable bonds is 4. The van der Waals surface area contributed by atoms with Gasteiger partial charge in [0.15, 0.2) is 0 Å². The molecule has 13 heavy (non-hydrogen) atoms. The first kappa shape index (κ1) is 11.3. The molecule has 1 aliphatic carbocycles. The van der Waals surface area contributed by atoms with Crippen molar-refractivity contribution in [1.29, 1.82) is 0 Å². The molecule has 0 bridgehead atoms. The third-order valence-corrected chi connectivity index (χ3v) is 3.21. The lowest BCUT2D eigenvalue weighted by molar-refractivity contribution is 0.210. The van der Waals surface area contributed by atoms with E-state index in [1.165, 1.54) is 32.1 Å². The van der Waals surface area contributed by atoms with Gasteiger partial charge in [-0.15, -0.1) is 0 Å². The summed E-state index contributed by atoms with van der Waals surface area (Å²) >= 11 is 3.36. The number of nitrogens with one attached hydrogen (secondary N) is 1. The fourth-order valence-corrected chi connectivity index (χ4v) is 2.28. The smallest absolute Gasteiger partial charge is 0.0265 e. The van der Waals surface area contributed by atoms with Gasteiger partial charge in [0.1, 0.15) is 0 Å².